The van der Waals surface area contributed by atoms with Crippen molar-refractivity contribution in [3.05, 3.63) is 39.8 Å². The molecule has 0 aliphatic carbocycles. The van der Waals surface area contributed by atoms with E-state index in [4.69, 9.17) is 11.6 Å². The van der Waals surface area contributed by atoms with Gasteiger partial charge in [-0.15, -0.1) is 0 Å². The van der Waals surface area contributed by atoms with Crippen LogP contribution < -0.4 is 5.32 Å². The summed E-state index contributed by atoms with van der Waals surface area (Å²) in [5.74, 6) is 1.48. The molecule has 0 bridgehead atoms. The van der Waals surface area contributed by atoms with Crippen LogP contribution in [-0.4, -0.2) is 21.3 Å². The number of aryl methyl sites for hydroxylation is 3. The summed E-state index contributed by atoms with van der Waals surface area (Å²) in [5.41, 5.74) is 4.19. The summed E-state index contributed by atoms with van der Waals surface area (Å²) < 4.78 is 1.78. The van der Waals surface area contributed by atoms with Crippen LogP contribution in [0.15, 0.2) is 12.3 Å². The van der Waals surface area contributed by atoms with Crippen molar-refractivity contribution in [1.82, 2.24) is 20.1 Å². The number of aromatic nitrogens is 3. The molecule has 0 spiro atoms. The third-order valence-electron chi connectivity index (χ3n) is 3.36. The van der Waals surface area contributed by atoms with E-state index in [0.29, 0.717) is 10.9 Å². The monoisotopic (exact) mass is 306 g/mol. The van der Waals surface area contributed by atoms with E-state index in [9.17, 15) is 0 Å². The number of halogens is 1. The van der Waals surface area contributed by atoms with Crippen molar-refractivity contribution in [1.29, 1.82) is 0 Å². The Labute approximate surface area is 131 Å². The van der Waals surface area contributed by atoms with Crippen molar-refractivity contribution >= 4 is 11.6 Å². The van der Waals surface area contributed by atoms with Crippen molar-refractivity contribution in [2.45, 2.75) is 41.2 Å². The maximum Gasteiger partial charge on any atom is 0.158 e. The van der Waals surface area contributed by atoms with E-state index < -0.39 is 0 Å². The van der Waals surface area contributed by atoms with Crippen LogP contribution in [0.3, 0.4) is 0 Å². The van der Waals surface area contributed by atoms with Gasteiger partial charge in [-0.1, -0.05) is 25.4 Å². The normalized spacial score (nSPS) is 11.4. The summed E-state index contributed by atoms with van der Waals surface area (Å²) >= 11 is 6.13. The zero-order chi connectivity index (χ0) is 15.6. The SMILES string of the molecule is Cc1cc(C)c(CNCC(C)C)c(-n2cc(Cl)c(C)n2)n1. The summed E-state index contributed by atoms with van der Waals surface area (Å²) in [4.78, 5) is 4.66. The highest BCUT2D eigenvalue weighted by Gasteiger charge is 2.13. The molecule has 0 aromatic carbocycles. The van der Waals surface area contributed by atoms with Gasteiger partial charge in [0, 0.05) is 17.8 Å². The second-order valence-corrected chi connectivity index (χ2v) is 6.32. The second-order valence-electron chi connectivity index (χ2n) is 5.91. The Bertz CT molecular complexity index is 612. The summed E-state index contributed by atoms with van der Waals surface area (Å²) in [7, 11) is 0. The summed E-state index contributed by atoms with van der Waals surface area (Å²) in [6, 6.07) is 2.11. The highest BCUT2D eigenvalue weighted by Crippen LogP contribution is 2.21. The zero-order valence-electron chi connectivity index (χ0n) is 13.4. The molecule has 5 heteroatoms. The average Bonchev–Trinajstić information content (AvgIpc) is 2.71. The fraction of sp³-hybridized carbons (Fsp3) is 0.500. The van der Waals surface area contributed by atoms with Crippen LogP contribution in [0.2, 0.25) is 5.02 Å². The molecule has 2 heterocycles. The average molecular weight is 307 g/mol. The van der Waals surface area contributed by atoms with Crippen molar-refractivity contribution in [2.24, 2.45) is 5.92 Å². The molecule has 2 aromatic heterocycles. The number of pyridine rings is 1. The lowest BCUT2D eigenvalue weighted by Gasteiger charge is -2.14. The molecular weight excluding hydrogens is 284 g/mol. The molecule has 1 N–H and O–H groups in total. The van der Waals surface area contributed by atoms with Gasteiger partial charge in [0.15, 0.2) is 5.82 Å². The van der Waals surface area contributed by atoms with Gasteiger partial charge >= 0.3 is 0 Å². The molecular formula is C16H23ClN4. The molecule has 0 fully saturated rings. The first-order chi connectivity index (χ1) is 9.88. The molecule has 0 radical (unpaired) electrons. The number of nitrogens with one attached hydrogen (secondary N) is 1. The van der Waals surface area contributed by atoms with E-state index in [-0.39, 0.29) is 0 Å². The molecule has 2 aromatic rings. The molecule has 0 atom stereocenters. The van der Waals surface area contributed by atoms with E-state index in [1.807, 2.05) is 20.0 Å². The molecule has 0 aliphatic heterocycles. The van der Waals surface area contributed by atoms with E-state index in [1.54, 1.807) is 4.68 Å². The van der Waals surface area contributed by atoms with Gasteiger partial charge in [0.2, 0.25) is 0 Å². The van der Waals surface area contributed by atoms with Crippen molar-refractivity contribution in [3.8, 4) is 5.82 Å². The fourth-order valence-electron chi connectivity index (χ4n) is 2.28. The second kappa shape index (κ2) is 6.58. The van der Waals surface area contributed by atoms with Crippen LogP contribution >= 0.6 is 11.6 Å². The van der Waals surface area contributed by atoms with Gasteiger partial charge < -0.3 is 5.32 Å². The zero-order valence-corrected chi connectivity index (χ0v) is 14.1. The minimum atomic E-state index is 0.619. The van der Waals surface area contributed by atoms with Crippen molar-refractivity contribution < 1.29 is 0 Å². The van der Waals surface area contributed by atoms with Crippen LogP contribution in [0.1, 0.15) is 36.4 Å². The third kappa shape index (κ3) is 3.83. The van der Waals surface area contributed by atoms with E-state index in [1.165, 1.54) is 11.1 Å². The standard InChI is InChI=1S/C16H23ClN4/c1-10(2)7-18-8-14-11(3)6-12(4)19-16(14)21-9-15(17)13(5)20-21/h6,9-10,18H,7-8H2,1-5H3. The largest absolute Gasteiger partial charge is 0.312 e. The molecule has 0 unspecified atom stereocenters. The van der Waals surface area contributed by atoms with Gasteiger partial charge in [-0.3, -0.25) is 0 Å². The van der Waals surface area contributed by atoms with Crippen LogP contribution in [0.4, 0.5) is 0 Å². The molecule has 0 aliphatic rings. The van der Waals surface area contributed by atoms with Gasteiger partial charge in [-0.25, -0.2) is 9.67 Å². The molecule has 2 rings (SSSR count). The van der Waals surface area contributed by atoms with E-state index in [2.05, 4.69) is 42.2 Å². The quantitative estimate of drug-likeness (QED) is 0.918. The maximum absolute atomic E-state index is 6.13. The van der Waals surface area contributed by atoms with Crippen LogP contribution in [0, 0.1) is 26.7 Å². The number of nitrogens with zero attached hydrogens (tertiary/aromatic N) is 3. The summed E-state index contributed by atoms with van der Waals surface area (Å²) in [5, 5.41) is 8.60. The Kier molecular flexibility index (Phi) is 5.01. The lowest BCUT2D eigenvalue weighted by molar-refractivity contribution is 0.549. The predicted octanol–water partition coefficient (Wildman–Crippen LogP) is 3.59. The summed E-state index contributed by atoms with van der Waals surface area (Å²) in [6.07, 6.45) is 1.82. The number of hydrogen-bond acceptors (Lipinski definition) is 3. The number of rotatable bonds is 5. The lowest BCUT2D eigenvalue weighted by Crippen LogP contribution is -2.21. The third-order valence-corrected chi connectivity index (χ3v) is 3.74. The molecule has 0 saturated heterocycles. The Morgan fingerprint density at radius 2 is 2.00 bits per heavy atom. The fourth-order valence-corrected chi connectivity index (χ4v) is 2.42. The summed E-state index contributed by atoms with van der Waals surface area (Å²) in [6.45, 7) is 12.2. The maximum atomic E-state index is 6.13. The smallest absolute Gasteiger partial charge is 0.158 e. The van der Waals surface area contributed by atoms with E-state index >= 15 is 0 Å². The molecule has 4 nitrogen and oxygen atoms in total. The first kappa shape index (κ1) is 16.0. The highest BCUT2D eigenvalue weighted by atomic mass is 35.5. The molecule has 21 heavy (non-hydrogen) atoms. The van der Waals surface area contributed by atoms with Gasteiger partial charge in [0.05, 0.1) is 16.9 Å². The lowest BCUT2D eigenvalue weighted by atomic mass is 10.1. The molecule has 0 saturated carbocycles. The van der Waals surface area contributed by atoms with E-state index in [0.717, 1.165) is 30.3 Å². The van der Waals surface area contributed by atoms with Crippen LogP contribution in [-0.2, 0) is 6.54 Å². The van der Waals surface area contributed by atoms with Crippen LogP contribution in [0.5, 0.6) is 0 Å². The Hall–Kier alpha value is -1.39. The first-order valence-corrected chi connectivity index (χ1v) is 7.66. The number of hydrogen-bond donors (Lipinski definition) is 1. The minimum absolute atomic E-state index is 0.619. The van der Waals surface area contributed by atoms with Gasteiger partial charge in [0.25, 0.3) is 0 Å². The molecule has 0 amide bonds. The van der Waals surface area contributed by atoms with Gasteiger partial charge in [0.1, 0.15) is 0 Å². The van der Waals surface area contributed by atoms with Crippen molar-refractivity contribution in [2.75, 3.05) is 6.54 Å². The Morgan fingerprint density at radius 3 is 2.57 bits per heavy atom. The topological polar surface area (TPSA) is 42.7 Å². The van der Waals surface area contributed by atoms with Gasteiger partial charge in [-0.05, 0) is 44.9 Å². The highest BCUT2D eigenvalue weighted by molar-refractivity contribution is 6.31. The minimum Gasteiger partial charge on any atom is -0.312 e. The molecule has 114 valence electrons. The predicted molar refractivity (Wildman–Crippen MR) is 87.1 cm³/mol. The Morgan fingerprint density at radius 1 is 1.29 bits per heavy atom. The van der Waals surface area contributed by atoms with Crippen LogP contribution in [0.25, 0.3) is 5.82 Å². The van der Waals surface area contributed by atoms with Crippen molar-refractivity contribution in [3.63, 3.8) is 0 Å². The van der Waals surface area contributed by atoms with Gasteiger partial charge in [-0.2, -0.15) is 5.10 Å². The first-order valence-electron chi connectivity index (χ1n) is 7.28. The Balaban J connectivity index is 2.38.